The van der Waals surface area contributed by atoms with Crippen molar-refractivity contribution in [2.75, 3.05) is 58.1 Å². The number of rotatable bonds is 9. The van der Waals surface area contributed by atoms with Crippen molar-refractivity contribution in [3.8, 4) is 5.75 Å². The summed E-state index contributed by atoms with van der Waals surface area (Å²) < 4.78 is 11.0. The summed E-state index contributed by atoms with van der Waals surface area (Å²) in [5, 5.41) is 3.28. The van der Waals surface area contributed by atoms with Crippen molar-refractivity contribution >= 4 is 11.4 Å². The summed E-state index contributed by atoms with van der Waals surface area (Å²) in [6.45, 7) is 5.70. The predicted octanol–water partition coefficient (Wildman–Crippen LogP) is 1.66. The van der Waals surface area contributed by atoms with E-state index in [9.17, 15) is 0 Å². The molecule has 0 fully saturated rings. The number of hydrogen-bond acceptors (Lipinski definition) is 5. The summed E-state index contributed by atoms with van der Waals surface area (Å²) in [6.07, 6.45) is 0. The Balaban J connectivity index is 2.27. The van der Waals surface area contributed by atoms with Gasteiger partial charge in [-0.15, -0.1) is 0 Å². The van der Waals surface area contributed by atoms with Crippen LogP contribution < -0.4 is 15.8 Å². The van der Waals surface area contributed by atoms with Crippen LogP contribution in [0.4, 0.5) is 11.4 Å². The Morgan fingerprint density at radius 3 is 2.74 bits per heavy atom. The van der Waals surface area contributed by atoms with Gasteiger partial charge in [-0.1, -0.05) is 0 Å². The van der Waals surface area contributed by atoms with Gasteiger partial charge in [0.2, 0.25) is 0 Å². The first kappa shape index (κ1) is 15.6. The molecule has 0 radical (unpaired) electrons. The van der Waals surface area contributed by atoms with Crippen LogP contribution in [0.1, 0.15) is 6.92 Å². The minimum atomic E-state index is 0.612. The number of nitrogens with two attached hydrogens (primary N) is 1. The highest BCUT2D eigenvalue weighted by Crippen LogP contribution is 2.25. The SMILES string of the molecule is CCOc1cc(NCCOCCN(C)C)ccc1N. The highest BCUT2D eigenvalue weighted by atomic mass is 16.5. The van der Waals surface area contributed by atoms with Gasteiger partial charge in [0, 0.05) is 24.8 Å². The molecule has 5 nitrogen and oxygen atoms in total. The lowest BCUT2D eigenvalue weighted by Gasteiger charge is -2.12. The molecule has 1 aromatic rings. The highest BCUT2D eigenvalue weighted by Gasteiger charge is 2.01. The molecule has 5 heteroatoms. The Labute approximate surface area is 115 Å². The predicted molar refractivity (Wildman–Crippen MR) is 79.9 cm³/mol. The zero-order valence-electron chi connectivity index (χ0n) is 12.1. The second-order valence-electron chi connectivity index (χ2n) is 4.53. The van der Waals surface area contributed by atoms with Gasteiger partial charge in [-0.25, -0.2) is 0 Å². The molecule has 0 unspecified atom stereocenters. The average Bonchev–Trinajstić information content (AvgIpc) is 2.37. The second kappa shape index (κ2) is 8.61. The van der Waals surface area contributed by atoms with Crippen LogP contribution in [-0.4, -0.2) is 51.9 Å². The summed E-state index contributed by atoms with van der Waals surface area (Å²) >= 11 is 0. The molecule has 19 heavy (non-hydrogen) atoms. The van der Waals surface area contributed by atoms with E-state index in [0.717, 1.165) is 31.1 Å². The maximum Gasteiger partial charge on any atom is 0.144 e. The first-order chi connectivity index (χ1) is 9.13. The fraction of sp³-hybridized carbons (Fsp3) is 0.571. The van der Waals surface area contributed by atoms with Crippen molar-refractivity contribution < 1.29 is 9.47 Å². The van der Waals surface area contributed by atoms with E-state index < -0.39 is 0 Å². The molecule has 0 aromatic heterocycles. The second-order valence-corrected chi connectivity index (χ2v) is 4.53. The molecule has 0 aliphatic heterocycles. The lowest BCUT2D eigenvalue weighted by Crippen LogP contribution is -2.20. The number of likely N-dealkylation sites (N-methyl/N-ethyl adjacent to an activating group) is 1. The Kier molecular flexibility index (Phi) is 7.07. The maximum absolute atomic E-state index is 5.82. The lowest BCUT2D eigenvalue weighted by molar-refractivity contribution is 0.126. The van der Waals surface area contributed by atoms with Gasteiger partial charge in [0.05, 0.1) is 25.5 Å². The standard InChI is InChI=1S/C14H25N3O2/c1-4-19-14-11-12(5-6-13(14)15)16-7-9-18-10-8-17(2)3/h5-6,11,16H,4,7-10,15H2,1-3H3. The third-order valence-corrected chi connectivity index (χ3v) is 2.57. The number of nitrogens with one attached hydrogen (secondary N) is 1. The molecule has 0 saturated carbocycles. The molecule has 3 N–H and O–H groups in total. The third-order valence-electron chi connectivity index (χ3n) is 2.57. The van der Waals surface area contributed by atoms with Crippen molar-refractivity contribution in [1.82, 2.24) is 4.90 Å². The van der Waals surface area contributed by atoms with Crippen LogP contribution in [0, 0.1) is 0 Å². The van der Waals surface area contributed by atoms with Crippen molar-refractivity contribution in [2.24, 2.45) is 0 Å². The van der Waals surface area contributed by atoms with Crippen molar-refractivity contribution in [2.45, 2.75) is 6.92 Å². The number of ether oxygens (including phenoxy) is 2. The van der Waals surface area contributed by atoms with E-state index in [1.54, 1.807) is 0 Å². The summed E-state index contributed by atoms with van der Waals surface area (Å²) in [5.41, 5.74) is 7.47. The molecule has 0 amide bonds. The van der Waals surface area contributed by atoms with E-state index in [0.29, 0.717) is 18.9 Å². The Morgan fingerprint density at radius 1 is 1.26 bits per heavy atom. The number of nitrogen functional groups attached to an aromatic ring is 1. The summed E-state index contributed by atoms with van der Waals surface area (Å²) in [5.74, 6) is 0.723. The first-order valence-corrected chi connectivity index (χ1v) is 6.62. The normalized spacial score (nSPS) is 10.7. The number of nitrogens with zero attached hydrogens (tertiary/aromatic N) is 1. The van der Waals surface area contributed by atoms with Gasteiger partial charge in [0.1, 0.15) is 5.75 Å². The molecule has 0 heterocycles. The van der Waals surface area contributed by atoms with Gasteiger partial charge < -0.3 is 25.4 Å². The topological polar surface area (TPSA) is 59.8 Å². The molecule has 0 atom stereocenters. The van der Waals surface area contributed by atoms with Gasteiger partial charge in [0.15, 0.2) is 0 Å². The van der Waals surface area contributed by atoms with Gasteiger partial charge >= 0.3 is 0 Å². The lowest BCUT2D eigenvalue weighted by atomic mass is 10.2. The zero-order chi connectivity index (χ0) is 14.1. The third kappa shape index (κ3) is 6.31. The Hall–Kier alpha value is -1.46. The number of benzene rings is 1. The van der Waals surface area contributed by atoms with Crippen LogP contribution in [0.5, 0.6) is 5.75 Å². The van der Waals surface area contributed by atoms with Crippen LogP contribution in [0.25, 0.3) is 0 Å². The van der Waals surface area contributed by atoms with Gasteiger partial charge in [0.25, 0.3) is 0 Å². The largest absolute Gasteiger partial charge is 0.492 e. The summed E-state index contributed by atoms with van der Waals surface area (Å²) in [7, 11) is 4.07. The highest BCUT2D eigenvalue weighted by molar-refractivity contribution is 5.61. The van der Waals surface area contributed by atoms with Gasteiger partial charge in [-0.3, -0.25) is 0 Å². The first-order valence-electron chi connectivity index (χ1n) is 6.62. The molecule has 1 aromatic carbocycles. The van der Waals surface area contributed by atoms with E-state index in [4.69, 9.17) is 15.2 Å². The molecular weight excluding hydrogens is 242 g/mol. The van der Waals surface area contributed by atoms with Crippen molar-refractivity contribution in [3.63, 3.8) is 0 Å². The van der Waals surface area contributed by atoms with E-state index in [-0.39, 0.29) is 0 Å². The van der Waals surface area contributed by atoms with Gasteiger partial charge in [-0.05, 0) is 33.2 Å². The molecule has 0 spiro atoms. The minimum absolute atomic E-state index is 0.612. The van der Waals surface area contributed by atoms with Crippen molar-refractivity contribution in [3.05, 3.63) is 18.2 Å². The monoisotopic (exact) mass is 267 g/mol. The molecule has 0 bridgehead atoms. The van der Waals surface area contributed by atoms with E-state index in [2.05, 4.69) is 10.2 Å². The fourth-order valence-corrected chi connectivity index (χ4v) is 1.54. The van der Waals surface area contributed by atoms with Crippen LogP contribution in [0.2, 0.25) is 0 Å². The Morgan fingerprint density at radius 2 is 2.05 bits per heavy atom. The quantitative estimate of drug-likeness (QED) is 0.526. The molecule has 0 aliphatic carbocycles. The average molecular weight is 267 g/mol. The number of anilines is 2. The molecule has 108 valence electrons. The molecule has 0 aliphatic rings. The van der Waals surface area contributed by atoms with E-state index in [1.165, 1.54) is 0 Å². The van der Waals surface area contributed by atoms with Gasteiger partial charge in [-0.2, -0.15) is 0 Å². The summed E-state index contributed by atoms with van der Waals surface area (Å²) in [6, 6.07) is 5.70. The van der Waals surface area contributed by atoms with Crippen LogP contribution in [0.3, 0.4) is 0 Å². The number of hydrogen-bond donors (Lipinski definition) is 2. The molecule has 0 saturated heterocycles. The van der Waals surface area contributed by atoms with Crippen LogP contribution >= 0.6 is 0 Å². The van der Waals surface area contributed by atoms with E-state index >= 15 is 0 Å². The van der Waals surface area contributed by atoms with Crippen LogP contribution in [0.15, 0.2) is 18.2 Å². The maximum atomic E-state index is 5.82. The van der Waals surface area contributed by atoms with E-state index in [1.807, 2.05) is 39.2 Å². The fourth-order valence-electron chi connectivity index (χ4n) is 1.54. The molecular formula is C14H25N3O2. The van der Waals surface area contributed by atoms with Crippen molar-refractivity contribution in [1.29, 1.82) is 0 Å². The Bertz CT molecular complexity index is 370. The minimum Gasteiger partial charge on any atom is -0.492 e. The van der Waals surface area contributed by atoms with Crippen LogP contribution in [-0.2, 0) is 4.74 Å². The molecule has 1 rings (SSSR count). The smallest absolute Gasteiger partial charge is 0.144 e. The summed E-state index contributed by atoms with van der Waals surface area (Å²) in [4.78, 5) is 2.10. The zero-order valence-corrected chi connectivity index (χ0v) is 12.1.